The molecule has 2 N–H and O–H groups in total. The van der Waals surface area contributed by atoms with Crippen LogP contribution in [0.2, 0.25) is 0 Å². The second-order valence-corrected chi connectivity index (χ2v) is 3.88. The number of methoxy groups -OCH3 is 1. The third-order valence-electron chi connectivity index (χ3n) is 2.43. The number of hydrogen-bond donors (Lipinski definition) is 1. The van der Waals surface area contributed by atoms with Gasteiger partial charge in [-0.2, -0.15) is 0 Å². The van der Waals surface area contributed by atoms with E-state index in [4.69, 9.17) is 15.2 Å². The molecule has 0 heterocycles. The standard InChI is InChI=1S/C10H23NO2/c1-6-9(3)13-10(4,11)8(2)7-12-5/h8-9H,6-7,11H2,1-5H3. The van der Waals surface area contributed by atoms with E-state index in [1.165, 1.54) is 0 Å². The first-order valence-corrected chi connectivity index (χ1v) is 4.89. The Morgan fingerprint density at radius 1 is 1.38 bits per heavy atom. The highest BCUT2D eigenvalue weighted by Crippen LogP contribution is 2.18. The fraction of sp³-hybridized carbons (Fsp3) is 1.00. The van der Waals surface area contributed by atoms with Crippen molar-refractivity contribution >= 4 is 0 Å². The molecule has 0 rings (SSSR count). The Morgan fingerprint density at radius 2 is 1.92 bits per heavy atom. The molecule has 80 valence electrons. The summed E-state index contributed by atoms with van der Waals surface area (Å²) in [6.07, 6.45) is 1.18. The molecule has 0 fully saturated rings. The van der Waals surface area contributed by atoms with Gasteiger partial charge >= 0.3 is 0 Å². The van der Waals surface area contributed by atoms with Crippen LogP contribution in [0.5, 0.6) is 0 Å². The molecule has 13 heavy (non-hydrogen) atoms. The van der Waals surface area contributed by atoms with Crippen LogP contribution in [0.3, 0.4) is 0 Å². The maximum absolute atomic E-state index is 6.02. The molecular weight excluding hydrogens is 166 g/mol. The molecule has 3 unspecified atom stereocenters. The number of ether oxygens (including phenoxy) is 2. The zero-order valence-corrected chi connectivity index (χ0v) is 9.46. The molecule has 0 saturated heterocycles. The lowest BCUT2D eigenvalue weighted by atomic mass is 10.0. The Balaban J connectivity index is 4.04. The molecule has 3 atom stereocenters. The van der Waals surface area contributed by atoms with Gasteiger partial charge in [0.2, 0.25) is 0 Å². The van der Waals surface area contributed by atoms with Crippen molar-refractivity contribution in [1.29, 1.82) is 0 Å². The van der Waals surface area contributed by atoms with Gasteiger partial charge < -0.3 is 15.2 Å². The zero-order chi connectivity index (χ0) is 10.5. The Morgan fingerprint density at radius 3 is 2.31 bits per heavy atom. The van der Waals surface area contributed by atoms with Gasteiger partial charge in [-0.05, 0) is 20.3 Å². The van der Waals surface area contributed by atoms with Gasteiger partial charge in [0, 0.05) is 13.0 Å². The lowest BCUT2D eigenvalue weighted by molar-refractivity contribution is -0.116. The van der Waals surface area contributed by atoms with Crippen molar-refractivity contribution in [1.82, 2.24) is 0 Å². The Bertz CT molecular complexity index is 137. The Hall–Kier alpha value is -0.120. The number of hydrogen-bond acceptors (Lipinski definition) is 3. The summed E-state index contributed by atoms with van der Waals surface area (Å²) in [7, 11) is 1.68. The van der Waals surface area contributed by atoms with Gasteiger partial charge in [0.15, 0.2) is 0 Å². The molecule has 0 amide bonds. The summed E-state index contributed by atoms with van der Waals surface area (Å²) in [5, 5.41) is 0. The summed E-state index contributed by atoms with van der Waals surface area (Å²) >= 11 is 0. The van der Waals surface area contributed by atoms with Crippen molar-refractivity contribution in [2.24, 2.45) is 11.7 Å². The predicted octanol–water partition coefficient (Wildman–Crippen LogP) is 1.76. The van der Waals surface area contributed by atoms with E-state index in [-0.39, 0.29) is 12.0 Å². The quantitative estimate of drug-likeness (QED) is 0.647. The second kappa shape index (κ2) is 5.58. The van der Waals surface area contributed by atoms with Crippen LogP contribution in [0.25, 0.3) is 0 Å². The van der Waals surface area contributed by atoms with Crippen molar-refractivity contribution < 1.29 is 9.47 Å². The van der Waals surface area contributed by atoms with Crippen LogP contribution < -0.4 is 5.73 Å². The van der Waals surface area contributed by atoms with Crippen LogP contribution in [0.4, 0.5) is 0 Å². The van der Waals surface area contributed by atoms with E-state index in [1.54, 1.807) is 7.11 Å². The van der Waals surface area contributed by atoms with E-state index >= 15 is 0 Å². The van der Waals surface area contributed by atoms with E-state index in [0.717, 1.165) is 6.42 Å². The third-order valence-corrected chi connectivity index (χ3v) is 2.43. The van der Waals surface area contributed by atoms with Crippen LogP contribution in [0, 0.1) is 5.92 Å². The summed E-state index contributed by atoms with van der Waals surface area (Å²) in [5.41, 5.74) is 5.43. The highest BCUT2D eigenvalue weighted by molar-refractivity contribution is 4.75. The first-order valence-electron chi connectivity index (χ1n) is 4.89. The fourth-order valence-electron chi connectivity index (χ4n) is 1.05. The third kappa shape index (κ3) is 4.60. The van der Waals surface area contributed by atoms with Crippen molar-refractivity contribution in [2.45, 2.75) is 45.9 Å². The van der Waals surface area contributed by atoms with Gasteiger partial charge in [-0.3, -0.25) is 0 Å². The largest absolute Gasteiger partial charge is 0.384 e. The van der Waals surface area contributed by atoms with Crippen LogP contribution in [0.15, 0.2) is 0 Å². The normalized spacial score (nSPS) is 20.8. The Labute approximate surface area is 81.6 Å². The van der Waals surface area contributed by atoms with Gasteiger partial charge in [0.1, 0.15) is 5.72 Å². The lowest BCUT2D eigenvalue weighted by Gasteiger charge is -2.33. The van der Waals surface area contributed by atoms with Crippen molar-refractivity contribution in [3.63, 3.8) is 0 Å². The topological polar surface area (TPSA) is 44.5 Å². The SMILES string of the molecule is CCC(C)OC(C)(N)C(C)COC. The first-order chi connectivity index (χ1) is 5.94. The maximum Gasteiger partial charge on any atom is 0.119 e. The smallest absolute Gasteiger partial charge is 0.119 e. The average molecular weight is 189 g/mol. The lowest BCUT2D eigenvalue weighted by Crippen LogP contribution is -2.49. The van der Waals surface area contributed by atoms with Crippen LogP contribution in [-0.4, -0.2) is 25.5 Å². The zero-order valence-electron chi connectivity index (χ0n) is 9.46. The molecule has 0 radical (unpaired) electrons. The van der Waals surface area contributed by atoms with Crippen LogP contribution in [0.1, 0.15) is 34.1 Å². The van der Waals surface area contributed by atoms with E-state index in [9.17, 15) is 0 Å². The molecular formula is C10H23NO2. The molecule has 0 aromatic heterocycles. The number of rotatable bonds is 6. The molecule has 0 aromatic rings. The summed E-state index contributed by atoms with van der Waals surface area (Å²) < 4.78 is 10.7. The van der Waals surface area contributed by atoms with E-state index in [2.05, 4.69) is 6.92 Å². The molecule has 3 nitrogen and oxygen atoms in total. The molecule has 0 bridgehead atoms. The molecule has 0 aliphatic heterocycles. The van der Waals surface area contributed by atoms with Gasteiger partial charge in [0.05, 0.1) is 12.7 Å². The first kappa shape index (κ1) is 12.9. The van der Waals surface area contributed by atoms with Crippen molar-refractivity contribution in [2.75, 3.05) is 13.7 Å². The van der Waals surface area contributed by atoms with E-state index < -0.39 is 5.72 Å². The van der Waals surface area contributed by atoms with Crippen molar-refractivity contribution in [3.05, 3.63) is 0 Å². The van der Waals surface area contributed by atoms with Crippen LogP contribution >= 0.6 is 0 Å². The molecule has 3 heteroatoms. The minimum absolute atomic E-state index is 0.200. The van der Waals surface area contributed by atoms with Crippen molar-refractivity contribution in [3.8, 4) is 0 Å². The van der Waals surface area contributed by atoms with E-state index in [0.29, 0.717) is 6.61 Å². The second-order valence-electron chi connectivity index (χ2n) is 3.88. The minimum Gasteiger partial charge on any atom is -0.384 e. The molecule has 0 aromatic carbocycles. The van der Waals surface area contributed by atoms with Gasteiger partial charge in [0.25, 0.3) is 0 Å². The highest BCUT2D eigenvalue weighted by Gasteiger charge is 2.28. The summed E-state index contributed by atoms with van der Waals surface area (Å²) in [5.74, 6) is 0.200. The van der Waals surface area contributed by atoms with Gasteiger partial charge in [-0.1, -0.05) is 13.8 Å². The Kier molecular flexibility index (Phi) is 5.53. The molecule has 0 saturated carbocycles. The highest BCUT2D eigenvalue weighted by atomic mass is 16.5. The molecule has 0 spiro atoms. The summed E-state index contributed by atoms with van der Waals surface area (Å²) in [4.78, 5) is 0. The van der Waals surface area contributed by atoms with E-state index in [1.807, 2.05) is 20.8 Å². The molecule has 0 aliphatic carbocycles. The monoisotopic (exact) mass is 189 g/mol. The average Bonchev–Trinajstić information content (AvgIpc) is 2.04. The summed E-state index contributed by atoms with van der Waals surface area (Å²) in [6, 6.07) is 0. The molecule has 0 aliphatic rings. The van der Waals surface area contributed by atoms with Gasteiger partial charge in [-0.25, -0.2) is 0 Å². The number of nitrogens with two attached hydrogens (primary N) is 1. The predicted molar refractivity (Wildman–Crippen MR) is 54.5 cm³/mol. The fourth-order valence-corrected chi connectivity index (χ4v) is 1.05. The van der Waals surface area contributed by atoms with Crippen LogP contribution in [-0.2, 0) is 9.47 Å². The minimum atomic E-state index is -0.592. The van der Waals surface area contributed by atoms with Gasteiger partial charge in [-0.15, -0.1) is 0 Å². The maximum atomic E-state index is 6.02. The summed E-state index contributed by atoms with van der Waals surface area (Å²) in [6.45, 7) is 8.69.